The minimum absolute atomic E-state index is 0. The fourth-order valence-electron chi connectivity index (χ4n) is 4.88. The number of carbonyl (C=O) groups is 1. The lowest BCUT2D eigenvalue weighted by atomic mass is 9.93. The Kier molecular flexibility index (Phi) is 10.4. The number of halogens is 5. The number of piperidine rings is 1. The molecule has 0 bridgehead atoms. The van der Waals surface area contributed by atoms with Gasteiger partial charge in [-0.05, 0) is 37.9 Å². The number of primary amides is 1. The fourth-order valence-corrected chi connectivity index (χ4v) is 4.88. The standard InChI is InChI=1S/C23H27F5N6O2.2CH4/c24-16-8-14(23(26,27)28)3-4-15(16)17-2-1-6-34(17)22-20(25)21(31-12-32-22)30-9-13-5-7-33(10-18(13)35)11-19(29)36;;/h3-4,8,12-13,17-18,35H,1-2,5-7,9-11H2,(H2,29,36)(H,30,31,32);2*1H4/t13-,17+,18+;;/m0../s1. The Hall–Kier alpha value is -3.06. The first kappa shape index (κ1) is 31.2. The number of carbonyl (C=O) groups excluding carboxylic acids is 1. The van der Waals surface area contributed by atoms with Crippen LogP contribution >= 0.6 is 0 Å². The van der Waals surface area contributed by atoms with Gasteiger partial charge in [0.1, 0.15) is 12.1 Å². The number of amides is 1. The molecule has 0 saturated carbocycles. The number of β-amino-alcohol motifs (C(OH)–C–C–N with tert-alkyl or cyclic N) is 1. The van der Waals surface area contributed by atoms with E-state index >= 15 is 4.39 Å². The van der Waals surface area contributed by atoms with E-state index in [1.54, 1.807) is 4.90 Å². The van der Waals surface area contributed by atoms with E-state index in [1.807, 2.05) is 0 Å². The molecular weight excluding hydrogens is 511 g/mol. The first-order valence-electron chi connectivity index (χ1n) is 11.6. The number of anilines is 2. The number of alkyl halides is 3. The largest absolute Gasteiger partial charge is 0.416 e. The summed E-state index contributed by atoms with van der Waals surface area (Å²) >= 11 is 0. The number of aromatic nitrogens is 2. The summed E-state index contributed by atoms with van der Waals surface area (Å²) in [4.78, 5) is 22.4. The molecule has 4 rings (SSSR count). The number of nitrogens with zero attached hydrogens (tertiary/aromatic N) is 4. The molecule has 212 valence electrons. The average molecular weight is 547 g/mol. The van der Waals surface area contributed by atoms with E-state index in [0.717, 1.165) is 18.5 Å². The molecule has 13 heteroatoms. The van der Waals surface area contributed by atoms with Crippen LogP contribution < -0.4 is 16.0 Å². The van der Waals surface area contributed by atoms with Gasteiger partial charge in [-0.15, -0.1) is 0 Å². The summed E-state index contributed by atoms with van der Waals surface area (Å²) in [5, 5.41) is 13.3. The summed E-state index contributed by atoms with van der Waals surface area (Å²) < 4.78 is 68.8. The summed E-state index contributed by atoms with van der Waals surface area (Å²) in [5.74, 6) is -2.64. The minimum Gasteiger partial charge on any atom is -0.391 e. The van der Waals surface area contributed by atoms with Crippen molar-refractivity contribution in [1.82, 2.24) is 14.9 Å². The van der Waals surface area contributed by atoms with Crippen LogP contribution in [-0.2, 0) is 11.0 Å². The number of nitrogens with two attached hydrogens (primary N) is 1. The van der Waals surface area contributed by atoms with Gasteiger partial charge in [0.2, 0.25) is 11.7 Å². The molecule has 3 atom stereocenters. The number of nitrogens with one attached hydrogen (secondary N) is 1. The molecule has 0 radical (unpaired) electrons. The van der Waals surface area contributed by atoms with Crippen molar-refractivity contribution in [3.63, 3.8) is 0 Å². The summed E-state index contributed by atoms with van der Waals surface area (Å²) in [5.41, 5.74) is 4.15. The molecule has 1 aromatic carbocycles. The number of benzene rings is 1. The third-order valence-corrected chi connectivity index (χ3v) is 6.70. The molecule has 2 aliphatic rings. The van der Waals surface area contributed by atoms with Crippen molar-refractivity contribution in [3.05, 3.63) is 47.3 Å². The van der Waals surface area contributed by atoms with E-state index in [0.29, 0.717) is 38.4 Å². The van der Waals surface area contributed by atoms with Crippen LogP contribution in [0.4, 0.5) is 33.6 Å². The average Bonchev–Trinajstić information content (AvgIpc) is 3.27. The highest BCUT2D eigenvalue weighted by Gasteiger charge is 2.35. The van der Waals surface area contributed by atoms with Crippen LogP contribution in [0, 0.1) is 17.6 Å². The molecule has 4 N–H and O–H groups in total. The third-order valence-electron chi connectivity index (χ3n) is 6.70. The predicted octanol–water partition coefficient (Wildman–Crippen LogP) is 3.97. The molecular formula is C25H35F5N6O2. The van der Waals surface area contributed by atoms with Gasteiger partial charge in [-0.1, -0.05) is 20.9 Å². The van der Waals surface area contributed by atoms with Crippen LogP contribution in [0.15, 0.2) is 24.5 Å². The van der Waals surface area contributed by atoms with Gasteiger partial charge < -0.3 is 21.1 Å². The molecule has 1 aromatic heterocycles. The van der Waals surface area contributed by atoms with E-state index < -0.39 is 41.4 Å². The maximum Gasteiger partial charge on any atom is 0.416 e. The van der Waals surface area contributed by atoms with Gasteiger partial charge in [0, 0.05) is 31.1 Å². The fraction of sp³-hybridized carbons (Fsp3) is 0.560. The Morgan fingerprint density at radius 2 is 1.89 bits per heavy atom. The molecule has 3 heterocycles. The van der Waals surface area contributed by atoms with Crippen molar-refractivity contribution in [3.8, 4) is 0 Å². The van der Waals surface area contributed by atoms with Crippen molar-refractivity contribution < 1.29 is 31.9 Å². The summed E-state index contributed by atoms with van der Waals surface area (Å²) in [6.45, 7) is 1.43. The van der Waals surface area contributed by atoms with E-state index in [-0.39, 0.29) is 57.6 Å². The lowest BCUT2D eigenvalue weighted by Gasteiger charge is -2.35. The molecule has 2 fully saturated rings. The second-order valence-corrected chi connectivity index (χ2v) is 9.14. The van der Waals surface area contributed by atoms with Crippen molar-refractivity contribution >= 4 is 17.5 Å². The van der Waals surface area contributed by atoms with E-state index in [4.69, 9.17) is 5.73 Å². The first-order valence-corrected chi connectivity index (χ1v) is 11.6. The van der Waals surface area contributed by atoms with Crippen LogP contribution in [0.1, 0.15) is 51.3 Å². The second-order valence-electron chi connectivity index (χ2n) is 9.14. The normalized spacial score (nSPS) is 21.9. The molecule has 0 spiro atoms. The Labute approximate surface area is 219 Å². The van der Waals surface area contributed by atoms with Gasteiger partial charge in [0.25, 0.3) is 0 Å². The van der Waals surface area contributed by atoms with Gasteiger partial charge >= 0.3 is 6.18 Å². The van der Waals surface area contributed by atoms with Crippen molar-refractivity contribution in [2.24, 2.45) is 11.7 Å². The maximum absolute atomic E-state index is 15.4. The number of rotatable bonds is 7. The zero-order chi connectivity index (χ0) is 26.0. The second kappa shape index (κ2) is 12.7. The SMILES string of the molecule is C.C.NC(=O)CN1CC[C@@H](CNc2ncnc(N3CCC[C@@H]3c3ccc(C(F)(F)F)cc3F)c2F)[C@H](O)C1. The molecule has 38 heavy (non-hydrogen) atoms. The Morgan fingerprint density at radius 3 is 2.53 bits per heavy atom. The van der Waals surface area contributed by atoms with Gasteiger partial charge in [-0.2, -0.15) is 17.6 Å². The molecule has 2 aliphatic heterocycles. The van der Waals surface area contributed by atoms with E-state index in [2.05, 4.69) is 15.3 Å². The number of aliphatic hydroxyl groups is 1. The highest BCUT2D eigenvalue weighted by atomic mass is 19.4. The molecule has 0 unspecified atom stereocenters. The highest BCUT2D eigenvalue weighted by Crippen LogP contribution is 2.39. The molecule has 2 saturated heterocycles. The first-order chi connectivity index (χ1) is 17.0. The van der Waals surface area contributed by atoms with Crippen molar-refractivity contribution in [1.29, 1.82) is 0 Å². The molecule has 1 amide bonds. The van der Waals surface area contributed by atoms with Gasteiger partial charge in [-0.3, -0.25) is 9.69 Å². The summed E-state index contributed by atoms with van der Waals surface area (Å²) in [6, 6.07) is 1.68. The zero-order valence-electron chi connectivity index (χ0n) is 19.3. The monoisotopic (exact) mass is 546 g/mol. The van der Waals surface area contributed by atoms with Gasteiger partial charge in [-0.25, -0.2) is 14.4 Å². The summed E-state index contributed by atoms with van der Waals surface area (Å²) in [6.07, 6.45) is -2.70. The number of hydrogen-bond donors (Lipinski definition) is 3. The molecule has 0 aliphatic carbocycles. The number of hydrogen-bond acceptors (Lipinski definition) is 7. The van der Waals surface area contributed by atoms with E-state index in [1.165, 1.54) is 4.90 Å². The molecule has 2 aromatic rings. The van der Waals surface area contributed by atoms with Gasteiger partial charge in [0.05, 0.1) is 24.3 Å². The maximum atomic E-state index is 15.4. The van der Waals surface area contributed by atoms with Crippen LogP contribution in [0.2, 0.25) is 0 Å². The smallest absolute Gasteiger partial charge is 0.391 e. The van der Waals surface area contributed by atoms with Crippen molar-refractivity contribution in [2.75, 3.05) is 42.9 Å². The Bertz CT molecular complexity index is 1100. The lowest BCUT2D eigenvalue weighted by Crippen LogP contribution is -2.48. The van der Waals surface area contributed by atoms with Gasteiger partial charge in [0.15, 0.2) is 11.6 Å². The number of likely N-dealkylation sites (tertiary alicyclic amines) is 1. The zero-order valence-corrected chi connectivity index (χ0v) is 19.3. The third kappa shape index (κ3) is 6.87. The van der Waals surface area contributed by atoms with Crippen LogP contribution in [-0.4, -0.2) is 64.7 Å². The van der Waals surface area contributed by atoms with Crippen molar-refractivity contribution in [2.45, 2.75) is 52.4 Å². The highest BCUT2D eigenvalue weighted by molar-refractivity contribution is 5.75. The van der Waals surface area contributed by atoms with Crippen LogP contribution in [0.5, 0.6) is 0 Å². The Morgan fingerprint density at radius 1 is 1.16 bits per heavy atom. The predicted molar refractivity (Wildman–Crippen MR) is 134 cm³/mol. The number of aliphatic hydroxyl groups excluding tert-OH is 1. The quantitative estimate of drug-likeness (QED) is 0.451. The topological polar surface area (TPSA) is 108 Å². The summed E-state index contributed by atoms with van der Waals surface area (Å²) in [7, 11) is 0. The van der Waals surface area contributed by atoms with E-state index in [9.17, 15) is 27.5 Å². The van der Waals surface area contributed by atoms with Crippen LogP contribution in [0.25, 0.3) is 0 Å². The Balaban J connectivity index is 0.00000253. The molecule has 8 nitrogen and oxygen atoms in total. The minimum atomic E-state index is -4.67. The van der Waals surface area contributed by atoms with Crippen LogP contribution in [0.3, 0.4) is 0 Å². The lowest BCUT2D eigenvalue weighted by molar-refractivity contribution is -0.137.